The van der Waals surface area contributed by atoms with Gasteiger partial charge in [0.15, 0.2) is 5.72 Å². The summed E-state index contributed by atoms with van der Waals surface area (Å²) in [4.78, 5) is 15.5. The Hall–Kier alpha value is -1.52. The quantitative estimate of drug-likeness (QED) is 0.390. The molecule has 0 unspecified atom stereocenters. The zero-order chi connectivity index (χ0) is 14.9. The zero-order valence-electron chi connectivity index (χ0n) is 10.7. The van der Waals surface area contributed by atoms with E-state index in [4.69, 9.17) is 21.3 Å². The number of nitrogens with zero attached hydrogens (tertiary/aromatic N) is 2. The lowest BCUT2D eigenvalue weighted by Gasteiger charge is -2.33. The van der Waals surface area contributed by atoms with Crippen molar-refractivity contribution >= 4 is 5.82 Å². The van der Waals surface area contributed by atoms with Crippen LogP contribution in [0.2, 0.25) is 0 Å². The van der Waals surface area contributed by atoms with E-state index in [2.05, 4.69) is 4.98 Å². The maximum atomic E-state index is 12.0. The lowest BCUT2D eigenvalue weighted by atomic mass is 9.99. The van der Waals surface area contributed by atoms with E-state index >= 15 is 0 Å². The molecule has 0 amide bonds. The van der Waals surface area contributed by atoms with Gasteiger partial charge >= 0.3 is 5.69 Å². The molecule has 1 fully saturated rings. The first-order valence-electron chi connectivity index (χ1n) is 6.17. The van der Waals surface area contributed by atoms with E-state index in [0.717, 1.165) is 4.57 Å². The Labute approximate surface area is 114 Å². The van der Waals surface area contributed by atoms with E-state index in [0.29, 0.717) is 0 Å². The Kier molecular flexibility index (Phi) is 4.06. The second-order valence-corrected chi connectivity index (χ2v) is 4.66. The number of nitrogen functional groups attached to an aromatic ring is 1. The molecule has 20 heavy (non-hydrogen) atoms. The molecule has 9 heteroatoms. The van der Waals surface area contributed by atoms with Crippen molar-refractivity contribution in [2.24, 2.45) is 5.73 Å². The monoisotopic (exact) mass is 286 g/mol. The van der Waals surface area contributed by atoms with Crippen molar-refractivity contribution in [3.05, 3.63) is 22.7 Å². The summed E-state index contributed by atoms with van der Waals surface area (Å²) < 4.78 is 6.56. The van der Waals surface area contributed by atoms with Crippen LogP contribution >= 0.6 is 0 Å². The average molecular weight is 286 g/mol. The summed E-state index contributed by atoms with van der Waals surface area (Å²) in [6.45, 7) is -0.402. The molecule has 1 aromatic heterocycles. The molecule has 1 aromatic rings. The third-order valence-corrected chi connectivity index (χ3v) is 3.44. The standard InChI is InChI=1S/C11H18N4O5/c12-3-2-11(9(18)8(17)6(5-16)20-11)15-4-1-7(13)14-10(15)19/h1,4,6,8-9,16-18H,2-3,5,12H2,(H2,13,14,19)/t6-,8-,9-,11-/m1/s1. The van der Waals surface area contributed by atoms with Crippen LogP contribution in [0.3, 0.4) is 0 Å². The van der Waals surface area contributed by atoms with Gasteiger partial charge in [0.2, 0.25) is 0 Å². The van der Waals surface area contributed by atoms with Crippen molar-refractivity contribution in [3.63, 3.8) is 0 Å². The SMILES string of the molecule is NCC[C@@]1(n2ccc(N)nc2=O)O[C@H](CO)[C@@H](O)[C@H]1O. The number of aliphatic hydroxyl groups is 3. The van der Waals surface area contributed by atoms with Crippen LogP contribution in [0.4, 0.5) is 5.82 Å². The molecule has 4 atom stereocenters. The van der Waals surface area contributed by atoms with Gasteiger partial charge < -0.3 is 31.5 Å². The first kappa shape index (κ1) is 14.9. The molecule has 9 nitrogen and oxygen atoms in total. The number of ether oxygens (including phenoxy) is 1. The predicted molar refractivity (Wildman–Crippen MR) is 68.5 cm³/mol. The van der Waals surface area contributed by atoms with Crippen LogP contribution in [0.1, 0.15) is 6.42 Å². The lowest BCUT2D eigenvalue weighted by molar-refractivity contribution is -0.153. The highest BCUT2D eigenvalue weighted by atomic mass is 16.6. The molecule has 0 radical (unpaired) electrons. The summed E-state index contributed by atoms with van der Waals surface area (Å²) in [5.41, 5.74) is 8.62. The Morgan fingerprint density at radius 2 is 2.20 bits per heavy atom. The maximum Gasteiger partial charge on any atom is 0.351 e. The molecule has 2 heterocycles. The summed E-state index contributed by atoms with van der Waals surface area (Å²) in [6.07, 6.45) is -2.40. The highest BCUT2D eigenvalue weighted by molar-refractivity contribution is 5.24. The topological polar surface area (TPSA) is 157 Å². The Balaban J connectivity index is 2.53. The summed E-state index contributed by atoms with van der Waals surface area (Å²) in [7, 11) is 0. The third kappa shape index (κ3) is 2.19. The first-order chi connectivity index (χ1) is 9.46. The van der Waals surface area contributed by atoms with Gasteiger partial charge in [-0.15, -0.1) is 0 Å². The van der Waals surface area contributed by atoms with Crippen molar-refractivity contribution in [2.75, 3.05) is 18.9 Å². The van der Waals surface area contributed by atoms with E-state index in [1.807, 2.05) is 0 Å². The number of hydrogen-bond donors (Lipinski definition) is 5. The Bertz CT molecular complexity index is 536. The lowest BCUT2D eigenvalue weighted by Crippen LogP contribution is -2.51. The first-order valence-corrected chi connectivity index (χ1v) is 6.17. The third-order valence-electron chi connectivity index (χ3n) is 3.44. The van der Waals surface area contributed by atoms with Crippen LogP contribution in [-0.4, -0.2) is 56.3 Å². The van der Waals surface area contributed by atoms with Crippen LogP contribution in [0.15, 0.2) is 17.1 Å². The zero-order valence-corrected chi connectivity index (χ0v) is 10.7. The molecule has 112 valence electrons. The maximum absolute atomic E-state index is 12.0. The normalized spacial score (nSPS) is 33.5. The molecule has 7 N–H and O–H groups in total. The van der Waals surface area contributed by atoms with Crippen molar-refractivity contribution in [2.45, 2.75) is 30.5 Å². The minimum Gasteiger partial charge on any atom is -0.394 e. The molecular formula is C11H18N4O5. The van der Waals surface area contributed by atoms with Crippen LogP contribution in [-0.2, 0) is 10.5 Å². The van der Waals surface area contributed by atoms with Crippen molar-refractivity contribution in [3.8, 4) is 0 Å². The highest BCUT2D eigenvalue weighted by Gasteiger charge is 2.55. The van der Waals surface area contributed by atoms with Gasteiger partial charge in [-0.05, 0) is 12.6 Å². The van der Waals surface area contributed by atoms with Crippen LogP contribution in [0, 0.1) is 0 Å². The van der Waals surface area contributed by atoms with Crippen molar-refractivity contribution in [1.82, 2.24) is 9.55 Å². The fourth-order valence-corrected chi connectivity index (χ4v) is 2.45. The fourth-order valence-electron chi connectivity index (χ4n) is 2.45. The molecule has 0 aromatic carbocycles. The number of aliphatic hydroxyl groups excluding tert-OH is 3. The molecule has 0 aliphatic carbocycles. The predicted octanol–water partition coefficient (Wildman–Crippen LogP) is -3.06. The largest absolute Gasteiger partial charge is 0.394 e. The summed E-state index contributed by atoms with van der Waals surface area (Å²) in [5.74, 6) is 0.0286. The number of aromatic nitrogens is 2. The molecular weight excluding hydrogens is 268 g/mol. The number of rotatable bonds is 4. The fraction of sp³-hybridized carbons (Fsp3) is 0.636. The van der Waals surface area contributed by atoms with Crippen molar-refractivity contribution < 1.29 is 20.1 Å². The molecule has 0 spiro atoms. The minimum atomic E-state index is -1.57. The van der Waals surface area contributed by atoms with E-state index < -0.39 is 36.3 Å². The molecule has 0 bridgehead atoms. The summed E-state index contributed by atoms with van der Waals surface area (Å²) >= 11 is 0. The highest BCUT2D eigenvalue weighted by Crippen LogP contribution is 2.37. The van der Waals surface area contributed by atoms with Gasteiger partial charge in [-0.25, -0.2) is 4.79 Å². The Morgan fingerprint density at radius 3 is 2.70 bits per heavy atom. The van der Waals surface area contributed by atoms with Gasteiger partial charge in [-0.3, -0.25) is 4.57 Å². The van der Waals surface area contributed by atoms with Gasteiger partial charge in [-0.1, -0.05) is 0 Å². The van der Waals surface area contributed by atoms with Crippen molar-refractivity contribution in [1.29, 1.82) is 0 Å². The van der Waals surface area contributed by atoms with Crippen LogP contribution in [0.25, 0.3) is 0 Å². The van der Waals surface area contributed by atoms with Crippen LogP contribution in [0.5, 0.6) is 0 Å². The van der Waals surface area contributed by atoms with Gasteiger partial charge in [0, 0.05) is 12.6 Å². The molecule has 2 rings (SSSR count). The summed E-state index contributed by atoms with van der Waals surface area (Å²) in [6, 6.07) is 1.37. The molecule has 1 aliphatic heterocycles. The molecule has 1 saturated heterocycles. The van der Waals surface area contributed by atoms with E-state index in [1.165, 1.54) is 12.3 Å². The number of nitrogens with two attached hydrogens (primary N) is 2. The molecule has 0 saturated carbocycles. The van der Waals surface area contributed by atoms with Gasteiger partial charge in [-0.2, -0.15) is 4.98 Å². The van der Waals surface area contributed by atoms with E-state index in [9.17, 15) is 15.0 Å². The van der Waals surface area contributed by atoms with Crippen LogP contribution < -0.4 is 17.2 Å². The number of hydrogen-bond acceptors (Lipinski definition) is 8. The van der Waals surface area contributed by atoms with Gasteiger partial charge in [0.05, 0.1) is 6.61 Å². The summed E-state index contributed by atoms with van der Waals surface area (Å²) in [5, 5.41) is 29.3. The minimum absolute atomic E-state index is 0.0286. The second kappa shape index (κ2) is 5.46. The van der Waals surface area contributed by atoms with E-state index in [1.54, 1.807) is 0 Å². The Morgan fingerprint density at radius 1 is 1.50 bits per heavy atom. The average Bonchev–Trinajstić information content (AvgIpc) is 2.65. The molecule has 1 aliphatic rings. The second-order valence-electron chi connectivity index (χ2n) is 4.66. The van der Waals surface area contributed by atoms with Gasteiger partial charge in [0.25, 0.3) is 0 Å². The van der Waals surface area contributed by atoms with Gasteiger partial charge in [0.1, 0.15) is 24.1 Å². The smallest absolute Gasteiger partial charge is 0.351 e. The van der Waals surface area contributed by atoms with E-state index in [-0.39, 0.29) is 18.8 Å². The number of anilines is 1.